The molecule has 1 fully saturated rings. The van der Waals surface area contributed by atoms with Crippen molar-refractivity contribution in [3.05, 3.63) is 21.9 Å². The van der Waals surface area contributed by atoms with Gasteiger partial charge in [0, 0.05) is 17.0 Å². The van der Waals surface area contributed by atoms with E-state index in [2.05, 4.69) is 11.8 Å². The molecular formula is C12H14N2O2S. The van der Waals surface area contributed by atoms with Crippen molar-refractivity contribution in [1.29, 1.82) is 0 Å². The Kier molecular flexibility index (Phi) is 4.15. The van der Waals surface area contributed by atoms with Gasteiger partial charge in [0.1, 0.15) is 6.61 Å². The number of thiophene rings is 1. The van der Waals surface area contributed by atoms with Crippen LogP contribution >= 0.6 is 11.3 Å². The quantitative estimate of drug-likeness (QED) is 0.774. The summed E-state index contributed by atoms with van der Waals surface area (Å²) >= 11 is 1.62. The molecule has 1 aromatic heterocycles. The van der Waals surface area contributed by atoms with Crippen LogP contribution in [-0.4, -0.2) is 37.1 Å². The fourth-order valence-corrected chi connectivity index (χ4v) is 2.46. The lowest BCUT2D eigenvalue weighted by atomic mass is 10.2. The summed E-state index contributed by atoms with van der Waals surface area (Å²) < 4.78 is 5.09. The van der Waals surface area contributed by atoms with Gasteiger partial charge in [-0.25, -0.2) is 0 Å². The Morgan fingerprint density at radius 1 is 1.59 bits per heavy atom. The van der Waals surface area contributed by atoms with E-state index in [1.165, 1.54) is 0 Å². The van der Waals surface area contributed by atoms with E-state index in [1.54, 1.807) is 11.3 Å². The second kappa shape index (κ2) is 5.82. The molecule has 90 valence electrons. The number of carbonyl (C=O) groups excluding carboxylic acids is 1. The van der Waals surface area contributed by atoms with E-state index in [0.29, 0.717) is 26.2 Å². The van der Waals surface area contributed by atoms with Crippen LogP contribution in [0.1, 0.15) is 10.4 Å². The number of rotatable bonds is 2. The summed E-state index contributed by atoms with van der Waals surface area (Å²) in [5.41, 5.74) is 6.32. The molecule has 4 nitrogen and oxygen atoms in total. The van der Waals surface area contributed by atoms with Crippen LogP contribution in [0.25, 0.3) is 0 Å². The summed E-state index contributed by atoms with van der Waals surface area (Å²) in [6.45, 7) is 2.43. The number of ether oxygens (including phenoxy) is 1. The number of amides is 1. The van der Waals surface area contributed by atoms with Gasteiger partial charge in [-0.1, -0.05) is 11.8 Å². The van der Waals surface area contributed by atoms with Gasteiger partial charge in [0.05, 0.1) is 19.7 Å². The van der Waals surface area contributed by atoms with Gasteiger partial charge in [0.2, 0.25) is 5.91 Å². The molecule has 2 heterocycles. The van der Waals surface area contributed by atoms with Crippen molar-refractivity contribution in [2.24, 2.45) is 5.73 Å². The fourth-order valence-electron chi connectivity index (χ4n) is 1.61. The molecule has 1 aliphatic heterocycles. The zero-order valence-electron chi connectivity index (χ0n) is 9.44. The summed E-state index contributed by atoms with van der Waals surface area (Å²) in [6.07, 6.45) is 0. The highest BCUT2D eigenvalue weighted by molar-refractivity contribution is 7.10. The lowest BCUT2D eigenvalue weighted by Gasteiger charge is -2.26. The number of morpholine rings is 1. The molecule has 17 heavy (non-hydrogen) atoms. The molecule has 2 rings (SSSR count). The van der Waals surface area contributed by atoms with E-state index in [0.717, 1.165) is 10.4 Å². The lowest BCUT2D eigenvalue weighted by Crippen LogP contribution is -2.40. The number of hydrogen-bond acceptors (Lipinski definition) is 4. The Bertz CT molecular complexity index is 459. The maximum atomic E-state index is 11.6. The van der Waals surface area contributed by atoms with Crippen LogP contribution in [-0.2, 0) is 16.1 Å². The van der Waals surface area contributed by atoms with Crippen molar-refractivity contribution < 1.29 is 9.53 Å². The second-order valence-corrected chi connectivity index (χ2v) is 4.63. The van der Waals surface area contributed by atoms with Crippen LogP contribution in [0.15, 0.2) is 11.4 Å². The minimum atomic E-state index is 0.0439. The molecule has 1 amide bonds. The highest BCUT2D eigenvalue weighted by Gasteiger charge is 2.19. The van der Waals surface area contributed by atoms with Crippen LogP contribution in [0.4, 0.5) is 0 Å². The van der Waals surface area contributed by atoms with Crippen molar-refractivity contribution in [3.8, 4) is 11.8 Å². The molecule has 0 aromatic carbocycles. The lowest BCUT2D eigenvalue weighted by molar-refractivity contribution is -0.143. The normalized spacial score (nSPS) is 15.6. The molecule has 5 heteroatoms. The van der Waals surface area contributed by atoms with Crippen molar-refractivity contribution >= 4 is 17.2 Å². The maximum Gasteiger partial charge on any atom is 0.248 e. The van der Waals surface area contributed by atoms with Gasteiger partial charge in [-0.2, -0.15) is 0 Å². The predicted molar refractivity (Wildman–Crippen MR) is 66.5 cm³/mol. The first kappa shape index (κ1) is 12.1. The van der Waals surface area contributed by atoms with Crippen molar-refractivity contribution in [2.75, 3.05) is 26.3 Å². The van der Waals surface area contributed by atoms with E-state index in [1.807, 2.05) is 16.3 Å². The van der Waals surface area contributed by atoms with E-state index >= 15 is 0 Å². The summed E-state index contributed by atoms with van der Waals surface area (Å²) in [5, 5.41) is 1.99. The summed E-state index contributed by atoms with van der Waals surface area (Å²) in [5.74, 6) is 5.90. The SMILES string of the molecule is NCC#Cc1ccsc1CN1CCOCC1=O. The molecule has 0 aliphatic carbocycles. The summed E-state index contributed by atoms with van der Waals surface area (Å²) in [4.78, 5) is 14.5. The van der Waals surface area contributed by atoms with Gasteiger partial charge in [-0.05, 0) is 11.4 Å². The van der Waals surface area contributed by atoms with Crippen molar-refractivity contribution in [3.63, 3.8) is 0 Å². The van der Waals surface area contributed by atoms with Gasteiger partial charge >= 0.3 is 0 Å². The molecule has 2 N–H and O–H groups in total. The minimum Gasteiger partial charge on any atom is -0.370 e. The molecule has 1 saturated heterocycles. The van der Waals surface area contributed by atoms with Gasteiger partial charge in [0.15, 0.2) is 0 Å². The zero-order valence-corrected chi connectivity index (χ0v) is 10.3. The first-order valence-electron chi connectivity index (χ1n) is 5.42. The molecule has 1 aromatic rings. The first-order valence-corrected chi connectivity index (χ1v) is 6.30. The Balaban J connectivity index is 2.07. The predicted octanol–water partition coefficient (Wildman–Crippen LogP) is 0.417. The van der Waals surface area contributed by atoms with Gasteiger partial charge in [-0.15, -0.1) is 11.3 Å². The third-order valence-corrected chi connectivity index (χ3v) is 3.39. The van der Waals surface area contributed by atoms with E-state index in [9.17, 15) is 4.79 Å². The van der Waals surface area contributed by atoms with E-state index in [-0.39, 0.29) is 12.5 Å². The highest BCUT2D eigenvalue weighted by Crippen LogP contribution is 2.19. The smallest absolute Gasteiger partial charge is 0.248 e. The third-order valence-electron chi connectivity index (χ3n) is 2.49. The molecule has 0 unspecified atom stereocenters. The number of carbonyl (C=O) groups is 1. The topological polar surface area (TPSA) is 55.6 Å². The highest BCUT2D eigenvalue weighted by atomic mass is 32.1. The molecule has 1 aliphatic rings. The van der Waals surface area contributed by atoms with Gasteiger partial charge < -0.3 is 15.4 Å². The number of nitrogens with two attached hydrogens (primary N) is 1. The number of hydrogen-bond donors (Lipinski definition) is 1. The Hall–Kier alpha value is -1.35. The average Bonchev–Trinajstić information content (AvgIpc) is 2.77. The molecule has 0 bridgehead atoms. The van der Waals surface area contributed by atoms with Crippen LogP contribution in [0.5, 0.6) is 0 Å². The second-order valence-electron chi connectivity index (χ2n) is 3.63. The average molecular weight is 250 g/mol. The Morgan fingerprint density at radius 3 is 3.24 bits per heavy atom. The van der Waals surface area contributed by atoms with Crippen LogP contribution in [0.3, 0.4) is 0 Å². The molecular weight excluding hydrogens is 236 g/mol. The summed E-state index contributed by atoms with van der Waals surface area (Å²) in [7, 11) is 0. The fraction of sp³-hybridized carbons (Fsp3) is 0.417. The zero-order chi connectivity index (χ0) is 12.1. The third kappa shape index (κ3) is 3.07. The van der Waals surface area contributed by atoms with E-state index < -0.39 is 0 Å². The largest absolute Gasteiger partial charge is 0.370 e. The maximum absolute atomic E-state index is 11.6. The molecule has 0 atom stereocenters. The van der Waals surface area contributed by atoms with Crippen LogP contribution in [0.2, 0.25) is 0 Å². The Labute approximate surface area is 104 Å². The van der Waals surface area contributed by atoms with Gasteiger partial charge in [-0.3, -0.25) is 4.79 Å². The monoisotopic (exact) mass is 250 g/mol. The van der Waals surface area contributed by atoms with Crippen LogP contribution < -0.4 is 5.73 Å². The van der Waals surface area contributed by atoms with E-state index in [4.69, 9.17) is 10.5 Å². The molecule has 0 spiro atoms. The standard InChI is InChI=1S/C12H14N2O2S/c13-4-1-2-10-3-7-17-11(10)8-14-5-6-16-9-12(14)15/h3,7H,4-6,8-9,13H2. The summed E-state index contributed by atoms with van der Waals surface area (Å²) in [6, 6.07) is 1.97. The molecule has 0 radical (unpaired) electrons. The van der Waals surface area contributed by atoms with Crippen molar-refractivity contribution in [2.45, 2.75) is 6.54 Å². The van der Waals surface area contributed by atoms with Crippen LogP contribution in [0, 0.1) is 11.8 Å². The van der Waals surface area contributed by atoms with Gasteiger partial charge in [0.25, 0.3) is 0 Å². The first-order chi connectivity index (χ1) is 8.31. The number of nitrogens with zero attached hydrogens (tertiary/aromatic N) is 1. The van der Waals surface area contributed by atoms with Crippen molar-refractivity contribution in [1.82, 2.24) is 4.90 Å². The Morgan fingerprint density at radius 2 is 2.47 bits per heavy atom. The molecule has 0 saturated carbocycles. The minimum absolute atomic E-state index is 0.0439.